The van der Waals surface area contributed by atoms with Crippen LogP contribution in [0.3, 0.4) is 0 Å². The molecule has 0 atom stereocenters. The number of Topliss-reactive ketones (excluding diaryl/α,β-unsaturated/α-hetero) is 1. The van der Waals surface area contributed by atoms with Gasteiger partial charge in [0.05, 0.1) is 0 Å². The van der Waals surface area contributed by atoms with Gasteiger partial charge >= 0.3 is 0 Å². The van der Waals surface area contributed by atoms with E-state index < -0.39 is 5.78 Å². The van der Waals surface area contributed by atoms with Gasteiger partial charge in [-0.1, -0.05) is 10.3 Å². The Morgan fingerprint density at radius 3 is 2.27 bits per heavy atom. The minimum Gasteiger partial charge on any atom is -0.411 e. The van der Waals surface area contributed by atoms with E-state index in [4.69, 9.17) is 5.21 Å². The normalized spacial score (nSPS) is 13.0. The van der Waals surface area contributed by atoms with Crippen LogP contribution in [0.15, 0.2) is 10.3 Å². The third kappa shape index (κ3) is 2.79. The van der Waals surface area contributed by atoms with Crippen molar-refractivity contribution in [3.05, 3.63) is 0 Å². The molecule has 0 heterocycles. The second-order valence-corrected chi connectivity index (χ2v) is 1.87. The van der Waals surface area contributed by atoms with E-state index in [0.29, 0.717) is 0 Å². The summed E-state index contributed by atoms with van der Waals surface area (Å²) in [5.74, 6) is -0.436. The van der Waals surface area contributed by atoms with E-state index in [1.807, 2.05) is 0 Å². The van der Waals surface area contributed by atoms with E-state index in [2.05, 4.69) is 15.1 Å². The van der Waals surface area contributed by atoms with E-state index in [1.165, 1.54) is 21.0 Å². The lowest BCUT2D eigenvalue weighted by molar-refractivity contribution is -0.107. The van der Waals surface area contributed by atoms with Gasteiger partial charge in [0.1, 0.15) is 18.5 Å². The highest BCUT2D eigenvalue weighted by atomic mass is 16.6. The highest BCUT2D eigenvalue weighted by Gasteiger charge is 2.10. The zero-order valence-corrected chi connectivity index (χ0v) is 6.66. The average Bonchev–Trinajstić information content (AvgIpc) is 2.02. The molecule has 1 N–H and O–H groups in total. The fourth-order valence-corrected chi connectivity index (χ4v) is 0.486. The molecule has 0 aliphatic carbocycles. The number of hydrogen-bond acceptors (Lipinski definition) is 5. The van der Waals surface area contributed by atoms with Crippen LogP contribution in [0.5, 0.6) is 0 Å². The van der Waals surface area contributed by atoms with Crippen molar-refractivity contribution in [1.82, 2.24) is 0 Å². The molecule has 62 valence electrons. The molecular formula is C6H10N2O3. The molecule has 0 aliphatic heterocycles. The van der Waals surface area contributed by atoms with Gasteiger partial charge in [0, 0.05) is 0 Å². The second kappa shape index (κ2) is 4.43. The maximum atomic E-state index is 11.0. The lowest BCUT2D eigenvalue weighted by Crippen LogP contribution is -2.19. The molecule has 0 rings (SSSR count). The van der Waals surface area contributed by atoms with Crippen molar-refractivity contribution in [1.29, 1.82) is 0 Å². The van der Waals surface area contributed by atoms with Crippen molar-refractivity contribution in [3.8, 4) is 0 Å². The fraction of sp³-hybridized carbons (Fsp3) is 0.500. The molecule has 0 fully saturated rings. The van der Waals surface area contributed by atoms with Crippen LogP contribution in [-0.4, -0.2) is 29.5 Å². The first-order valence-electron chi connectivity index (χ1n) is 2.94. The molecule has 0 spiro atoms. The van der Waals surface area contributed by atoms with Crippen LogP contribution in [0.4, 0.5) is 0 Å². The number of hydrogen-bond donors (Lipinski definition) is 1. The van der Waals surface area contributed by atoms with E-state index >= 15 is 0 Å². The van der Waals surface area contributed by atoms with Gasteiger partial charge in [-0.25, -0.2) is 0 Å². The number of oxime groups is 2. The van der Waals surface area contributed by atoms with Gasteiger partial charge in [0.15, 0.2) is 0 Å². The molecule has 5 nitrogen and oxygen atoms in total. The maximum absolute atomic E-state index is 11.0. The Morgan fingerprint density at radius 1 is 1.36 bits per heavy atom. The van der Waals surface area contributed by atoms with Gasteiger partial charge in [-0.15, -0.1) is 0 Å². The highest BCUT2D eigenvalue weighted by molar-refractivity contribution is 6.65. The lowest BCUT2D eigenvalue weighted by atomic mass is 10.2. The van der Waals surface area contributed by atoms with Gasteiger partial charge < -0.3 is 10.0 Å². The Hall–Kier alpha value is -1.39. The molecule has 11 heavy (non-hydrogen) atoms. The minimum absolute atomic E-state index is 0.0108. The Balaban J connectivity index is 4.38. The largest absolute Gasteiger partial charge is 0.411 e. The first-order chi connectivity index (χ1) is 5.13. The van der Waals surface area contributed by atoms with Gasteiger partial charge in [-0.05, 0) is 13.8 Å². The minimum atomic E-state index is -0.436. The van der Waals surface area contributed by atoms with Crippen molar-refractivity contribution < 1.29 is 14.8 Å². The van der Waals surface area contributed by atoms with E-state index in [1.54, 1.807) is 0 Å². The van der Waals surface area contributed by atoms with Gasteiger partial charge in [0.2, 0.25) is 5.78 Å². The molecule has 0 aromatic rings. The number of carbonyl (C=O) groups excluding carboxylic acids is 1. The van der Waals surface area contributed by atoms with Crippen molar-refractivity contribution in [2.24, 2.45) is 10.3 Å². The molecular weight excluding hydrogens is 148 g/mol. The Morgan fingerprint density at radius 2 is 1.91 bits per heavy atom. The topological polar surface area (TPSA) is 71.2 Å². The van der Waals surface area contributed by atoms with E-state index in [0.717, 1.165) is 0 Å². The van der Waals surface area contributed by atoms with Crippen LogP contribution >= 0.6 is 0 Å². The highest BCUT2D eigenvalue weighted by Crippen LogP contribution is 1.85. The molecule has 0 saturated heterocycles. The number of ketones is 1. The lowest BCUT2D eigenvalue weighted by Gasteiger charge is -1.94. The van der Waals surface area contributed by atoms with E-state index in [-0.39, 0.29) is 11.4 Å². The molecule has 0 aromatic heterocycles. The summed E-state index contributed by atoms with van der Waals surface area (Å²) in [5, 5.41) is 14.3. The molecule has 0 aliphatic rings. The Labute approximate surface area is 64.3 Å². The predicted molar refractivity (Wildman–Crippen MR) is 40.0 cm³/mol. The number of carbonyl (C=O) groups is 1. The summed E-state index contributed by atoms with van der Waals surface area (Å²) in [6.45, 7) is 2.86. The van der Waals surface area contributed by atoms with Crippen LogP contribution < -0.4 is 0 Å². The van der Waals surface area contributed by atoms with Gasteiger partial charge in [0.25, 0.3) is 0 Å². The third-order valence-electron chi connectivity index (χ3n) is 1.04. The van der Waals surface area contributed by atoms with Crippen molar-refractivity contribution in [2.75, 3.05) is 7.11 Å². The van der Waals surface area contributed by atoms with Crippen LogP contribution in [0, 0.1) is 0 Å². The summed E-state index contributed by atoms with van der Waals surface area (Å²) < 4.78 is 0. The standard InChI is InChI=1S/C6H10N2O3/c1-4(7-10)6(9)5(2)8-11-3/h10H,1-3H3/b7-4-,8-5+. The number of rotatable bonds is 3. The monoisotopic (exact) mass is 158 g/mol. The summed E-state index contributed by atoms with van der Waals surface area (Å²) >= 11 is 0. The molecule has 5 heteroatoms. The van der Waals surface area contributed by atoms with Gasteiger partial charge in [-0.2, -0.15) is 0 Å². The maximum Gasteiger partial charge on any atom is 0.227 e. The summed E-state index contributed by atoms with van der Waals surface area (Å²) in [4.78, 5) is 15.3. The van der Waals surface area contributed by atoms with Gasteiger partial charge in [-0.3, -0.25) is 4.79 Å². The van der Waals surface area contributed by atoms with Crippen molar-refractivity contribution in [2.45, 2.75) is 13.8 Å². The van der Waals surface area contributed by atoms with Crippen LogP contribution in [0.25, 0.3) is 0 Å². The predicted octanol–water partition coefficient (Wildman–Crippen LogP) is 0.428. The Bertz CT molecular complexity index is 208. The SMILES string of the molecule is CO/N=C(\C)C(=O)/C(C)=N\O. The number of nitrogens with zero attached hydrogens (tertiary/aromatic N) is 2. The zero-order chi connectivity index (χ0) is 8.85. The molecule has 0 aromatic carbocycles. The molecule has 0 radical (unpaired) electrons. The third-order valence-corrected chi connectivity index (χ3v) is 1.04. The fourth-order valence-electron chi connectivity index (χ4n) is 0.486. The van der Waals surface area contributed by atoms with E-state index in [9.17, 15) is 4.79 Å². The molecule has 0 amide bonds. The Kier molecular flexibility index (Phi) is 3.87. The summed E-state index contributed by atoms with van der Waals surface area (Å²) in [5.41, 5.74) is 0.145. The molecule has 0 unspecified atom stereocenters. The van der Waals surface area contributed by atoms with Crippen molar-refractivity contribution >= 4 is 17.2 Å². The first-order valence-corrected chi connectivity index (χ1v) is 2.94. The second-order valence-electron chi connectivity index (χ2n) is 1.87. The molecule has 0 saturated carbocycles. The van der Waals surface area contributed by atoms with Crippen LogP contribution in [0.1, 0.15) is 13.8 Å². The zero-order valence-electron chi connectivity index (χ0n) is 6.66. The average molecular weight is 158 g/mol. The first kappa shape index (κ1) is 9.61. The summed E-state index contributed by atoms with van der Waals surface area (Å²) in [7, 11) is 1.34. The van der Waals surface area contributed by atoms with Crippen LogP contribution in [-0.2, 0) is 9.63 Å². The smallest absolute Gasteiger partial charge is 0.227 e. The summed E-state index contributed by atoms with van der Waals surface area (Å²) in [6, 6.07) is 0. The molecule has 0 bridgehead atoms. The summed E-state index contributed by atoms with van der Waals surface area (Å²) in [6.07, 6.45) is 0. The van der Waals surface area contributed by atoms with Crippen LogP contribution in [0.2, 0.25) is 0 Å². The quantitative estimate of drug-likeness (QED) is 0.367. The van der Waals surface area contributed by atoms with Crippen molar-refractivity contribution in [3.63, 3.8) is 0 Å².